The molecular formula is C22H26N4O6S2. The summed E-state index contributed by atoms with van der Waals surface area (Å²) >= 11 is 1.33. The van der Waals surface area contributed by atoms with E-state index in [0.717, 1.165) is 40.1 Å². The number of benzene rings is 1. The predicted octanol–water partition coefficient (Wildman–Crippen LogP) is 2.14. The Bertz CT molecular complexity index is 1250. The number of carbonyl (C=O) groups excluding carboxylic acids is 1. The fourth-order valence-electron chi connectivity index (χ4n) is 3.40. The molecule has 34 heavy (non-hydrogen) atoms. The zero-order chi connectivity index (χ0) is 24.3. The van der Waals surface area contributed by atoms with Crippen LogP contribution < -0.4 is 15.4 Å². The van der Waals surface area contributed by atoms with Crippen LogP contribution in [0, 0.1) is 0 Å². The van der Waals surface area contributed by atoms with Crippen LogP contribution in [0.5, 0.6) is 5.75 Å². The summed E-state index contributed by atoms with van der Waals surface area (Å²) in [6.45, 7) is -0.0923. The molecule has 10 nitrogen and oxygen atoms in total. The van der Waals surface area contributed by atoms with E-state index in [1.807, 2.05) is 29.6 Å². The Morgan fingerprint density at radius 3 is 2.82 bits per heavy atom. The second kappa shape index (κ2) is 10.1. The molecule has 0 radical (unpaired) electrons. The number of ether oxygens (including phenoxy) is 2. The van der Waals surface area contributed by atoms with Crippen LogP contribution in [0.15, 0.2) is 48.1 Å². The number of methoxy groups -OCH3 is 1. The molecule has 2 aromatic heterocycles. The Morgan fingerprint density at radius 1 is 1.32 bits per heavy atom. The normalized spacial score (nSPS) is 18.7. The van der Waals surface area contributed by atoms with E-state index in [-0.39, 0.29) is 24.3 Å². The average molecular weight is 507 g/mol. The molecule has 1 unspecified atom stereocenters. The number of hydrogen-bond donors (Lipinski definition) is 3. The number of aromatic nitrogens is 2. The van der Waals surface area contributed by atoms with Crippen LogP contribution in [0.3, 0.4) is 0 Å². The van der Waals surface area contributed by atoms with Crippen LogP contribution in [-0.4, -0.2) is 66.7 Å². The van der Waals surface area contributed by atoms with Gasteiger partial charge in [0.15, 0.2) is 5.13 Å². The first-order valence-electron chi connectivity index (χ1n) is 10.6. The first-order valence-corrected chi connectivity index (χ1v) is 13.3. The van der Waals surface area contributed by atoms with Crippen molar-refractivity contribution in [2.24, 2.45) is 0 Å². The van der Waals surface area contributed by atoms with Gasteiger partial charge in [-0.05, 0) is 18.2 Å². The molecule has 1 aliphatic rings. The summed E-state index contributed by atoms with van der Waals surface area (Å²) in [5.74, 6) is 0.273. The van der Waals surface area contributed by atoms with Crippen molar-refractivity contribution in [1.82, 2.24) is 14.3 Å². The molecule has 1 aliphatic carbocycles. The van der Waals surface area contributed by atoms with Crippen molar-refractivity contribution in [3.63, 3.8) is 0 Å². The molecule has 12 heteroatoms. The fourth-order valence-corrected chi connectivity index (χ4v) is 4.76. The summed E-state index contributed by atoms with van der Waals surface area (Å²) in [7, 11) is -1.76. The first-order chi connectivity index (χ1) is 16.2. The van der Waals surface area contributed by atoms with Crippen LogP contribution >= 0.6 is 11.3 Å². The second-order valence-corrected chi connectivity index (χ2v) is 10.7. The molecule has 182 valence electrons. The number of rotatable bonds is 10. The number of nitrogens with zero attached hydrogens (tertiary/aromatic N) is 2. The van der Waals surface area contributed by atoms with Gasteiger partial charge in [-0.25, -0.2) is 13.4 Å². The third kappa shape index (κ3) is 5.95. The number of thiazole rings is 1. The number of anilines is 1. The topological polar surface area (TPSA) is 132 Å². The van der Waals surface area contributed by atoms with Crippen LogP contribution in [0.25, 0.3) is 11.3 Å². The monoisotopic (exact) mass is 506 g/mol. The molecule has 0 spiro atoms. The maximum atomic E-state index is 12.2. The van der Waals surface area contributed by atoms with Crippen molar-refractivity contribution in [2.45, 2.75) is 31.3 Å². The number of hydrogen-bond acceptors (Lipinski definition) is 9. The third-order valence-electron chi connectivity index (χ3n) is 5.38. The minimum Gasteiger partial charge on any atom is -0.490 e. The maximum absolute atomic E-state index is 12.2. The van der Waals surface area contributed by atoms with E-state index in [1.165, 1.54) is 29.8 Å². The van der Waals surface area contributed by atoms with Gasteiger partial charge in [0.05, 0.1) is 30.2 Å². The number of amides is 1. The lowest BCUT2D eigenvalue weighted by atomic mass is 9.92. The van der Waals surface area contributed by atoms with Gasteiger partial charge in [0.2, 0.25) is 10.0 Å². The van der Waals surface area contributed by atoms with Gasteiger partial charge in [0.25, 0.3) is 5.91 Å². The third-order valence-corrected chi connectivity index (χ3v) is 7.15. The SMILES string of the molecule is COC1CC(Oc2cccc(-c3csc(NC(O)CNC(=O)c4ccn(S(C)(=O)=O)c4)n3)c2)C1. The van der Waals surface area contributed by atoms with Crippen LogP contribution in [0.2, 0.25) is 0 Å². The Balaban J connectivity index is 1.29. The molecule has 0 bridgehead atoms. The van der Waals surface area contributed by atoms with E-state index >= 15 is 0 Å². The molecule has 0 saturated heterocycles. The van der Waals surface area contributed by atoms with E-state index in [4.69, 9.17) is 9.47 Å². The number of aliphatic hydroxyl groups is 1. The summed E-state index contributed by atoms with van der Waals surface area (Å²) in [6, 6.07) is 9.07. The van der Waals surface area contributed by atoms with Crippen molar-refractivity contribution in [2.75, 3.05) is 25.2 Å². The molecule has 1 saturated carbocycles. The Hall–Kier alpha value is -2.93. The highest BCUT2D eigenvalue weighted by atomic mass is 32.2. The maximum Gasteiger partial charge on any atom is 0.253 e. The Kier molecular flexibility index (Phi) is 7.22. The number of aliphatic hydroxyl groups excluding tert-OH is 1. The van der Waals surface area contributed by atoms with E-state index in [0.29, 0.717) is 5.13 Å². The Morgan fingerprint density at radius 2 is 2.12 bits per heavy atom. The van der Waals surface area contributed by atoms with Crippen LogP contribution in [0.4, 0.5) is 5.13 Å². The van der Waals surface area contributed by atoms with Crippen molar-refractivity contribution in [1.29, 1.82) is 0 Å². The van der Waals surface area contributed by atoms with Gasteiger partial charge in [0, 0.05) is 43.3 Å². The fraction of sp³-hybridized carbons (Fsp3) is 0.364. The van der Waals surface area contributed by atoms with Gasteiger partial charge < -0.3 is 25.2 Å². The lowest BCUT2D eigenvalue weighted by Crippen LogP contribution is -2.38. The van der Waals surface area contributed by atoms with Crippen molar-refractivity contribution in [3.05, 3.63) is 53.7 Å². The largest absolute Gasteiger partial charge is 0.490 e. The zero-order valence-corrected chi connectivity index (χ0v) is 20.3. The highest BCUT2D eigenvalue weighted by molar-refractivity contribution is 7.89. The highest BCUT2D eigenvalue weighted by Crippen LogP contribution is 2.31. The van der Waals surface area contributed by atoms with Gasteiger partial charge in [-0.15, -0.1) is 11.3 Å². The number of carbonyl (C=O) groups is 1. The van der Waals surface area contributed by atoms with Gasteiger partial charge in [-0.2, -0.15) is 0 Å². The summed E-state index contributed by atoms with van der Waals surface area (Å²) in [6.07, 6.45) is 4.65. The van der Waals surface area contributed by atoms with E-state index in [2.05, 4.69) is 15.6 Å². The minimum atomic E-state index is -3.46. The molecule has 1 aromatic carbocycles. The van der Waals surface area contributed by atoms with Crippen molar-refractivity contribution < 1.29 is 27.8 Å². The molecule has 1 amide bonds. The molecule has 4 rings (SSSR count). The Labute approximate surface area is 201 Å². The molecule has 2 heterocycles. The quantitative estimate of drug-likeness (QED) is 0.357. The molecule has 3 aromatic rings. The van der Waals surface area contributed by atoms with E-state index in [1.54, 1.807) is 7.11 Å². The van der Waals surface area contributed by atoms with Gasteiger partial charge in [0.1, 0.15) is 18.1 Å². The van der Waals surface area contributed by atoms with Crippen LogP contribution in [0.1, 0.15) is 23.2 Å². The molecular weight excluding hydrogens is 480 g/mol. The second-order valence-electron chi connectivity index (χ2n) is 8.00. The molecule has 3 N–H and O–H groups in total. The molecule has 1 fully saturated rings. The zero-order valence-electron chi connectivity index (χ0n) is 18.7. The van der Waals surface area contributed by atoms with Gasteiger partial charge >= 0.3 is 0 Å². The lowest BCUT2D eigenvalue weighted by molar-refractivity contribution is -0.0380. The van der Waals surface area contributed by atoms with Gasteiger partial charge in [-0.3, -0.25) is 8.77 Å². The van der Waals surface area contributed by atoms with E-state index in [9.17, 15) is 18.3 Å². The minimum absolute atomic E-state index is 0.0923. The summed E-state index contributed by atoms with van der Waals surface area (Å²) in [5, 5.41) is 18.0. The van der Waals surface area contributed by atoms with Crippen LogP contribution in [-0.2, 0) is 14.8 Å². The summed E-state index contributed by atoms with van der Waals surface area (Å²) in [5.41, 5.74) is 1.80. The highest BCUT2D eigenvalue weighted by Gasteiger charge is 2.30. The smallest absolute Gasteiger partial charge is 0.253 e. The number of nitrogens with one attached hydrogen (secondary N) is 2. The summed E-state index contributed by atoms with van der Waals surface area (Å²) in [4.78, 5) is 16.7. The van der Waals surface area contributed by atoms with Crippen molar-refractivity contribution >= 4 is 32.4 Å². The van der Waals surface area contributed by atoms with Gasteiger partial charge in [-0.1, -0.05) is 12.1 Å². The predicted molar refractivity (Wildman–Crippen MR) is 129 cm³/mol. The van der Waals surface area contributed by atoms with Crippen molar-refractivity contribution in [3.8, 4) is 17.0 Å². The molecule has 0 aliphatic heterocycles. The summed E-state index contributed by atoms with van der Waals surface area (Å²) < 4.78 is 35.3. The first kappa shape index (κ1) is 24.2. The average Bonchev–Trinajstić information content (AvgIpc) is 3.44. The van der Waals surface area contributed by atoms with E-state index < -0.39 is 22.2 Å². The lowest BCUT2D eigenvalue weighted by Gasteiger charge is -2.34. The molecule has 1 atom stereocenters. The standard InChI is InChI=1S/C22H26N4O6S2/c1-31-17-9-18(10-17)32-16-5-3-4-14(8-16)19-13-33-22(24-19)25-20(27)11-23-21(28)15-6-7-26(12-15)34(2,29)30/h3-8,12-13,17-18,20,27H,9-11H2,1-2H3,(H,23,28)(H,24,25).